The number of ether oxygens (including phenoxy) is 3. The average Bonchev–Trinajstić information content (AvgIpc) is 3.22. The Bertz CT molecular complexity index is 1240. The van der Waals surface area contributed by atoms with E-state index in [-0.39, 0.29) is 37.5 Å². The molecule has 0 heterocycles. The highest BCUT2D eigenvalue weighted by atomic mass is 16.6. The van der Waals surface area contributed by atoms with Gasteiger partial charge in [-0.1, -0.05) is 188 Å². The fraction of sp³-hybridized carbons (Fsp3) is 0.596. The van der Waals surface area contributed by atoms with E-state index in [9.17, 15) is 14.4 Å². The normalized spacial score (nSPS) is 13.1. The van der Waals surface area contributed by atoms with Gasteiger partial charge in [-0.3, -0.25) is 14.4 Å². The van der Waals surface area contributed by atoms with Crippen LogP contribution in [0.1, 0.15) is 181 Å². The molecule has 0 fully saturated rings. The summed E-state index contributed by atoms with van der Waals surface area (Å²) in [5, 5.41) is 0. The zero-order chi connectivity index (χ0) is 42.3. The number of carbonyl (C=O) groups excluding carboxylic acids is 3. The third kappa shape index (κ3) is 43.2. The first-order valence-electron chi connectivity index (χ1n) is 23.0. The monoisotopic (exact) mass is 803 g/mol. The van der Waals surface area contributed by atoms with Gasteiger partial charge in [0.2, 0.25) is 0 Å². The summed E-state index contributed by atoms with van der Waals surface area (Å²) in [6.45, 7) is 6.24. The summed E-state index contributed by atoms with van der Waals surface area (Å²) in [4.78, 5) is 37.8. The third-order valence-corrected chi connectivity index (χ3v) is 9.18. The molecular weight excluding hydrogens is 721 g/mol. The van der Waals surface area contributed by atoms with Crippen molar-refractivity contribution in [3.63, 3.8) is 0 Å². The zero-order valence-electron chi connectivity index (χ0n) is 37.0. The van der Waals surface area contributed by atoms with Gasteiger partial charge in [0, 0.05) is 19.3 Å². The Morgan fingerprint density at radius 3 is 1.12 bits per heavy atom. The molecule has 6 nitrogen and oxygen atoms in total. The molecule has 0 aliphatic rings. The summed E-state index contributed by atoms with van der Waals surface area (Å²) in [6, 6.07) is 0. The van der Waals surface area contributed by atoms with E-state index < -0.39 is 6.10 Å². The lowest BCUT2D eigenvalue weighted by atomic mass is 10.1. The van der Waals surface area contributed by atoms with Crippen LogP contribution in [0, 0.1) is 0 Å². The number of carbonyl (C=O) groups is 3. The quantitative estimate of drug-likeness (QED) is 0.0202. The van der Waals surface area contributed by atoms with Gasteiger partial charge in [-0.05, 0) is 83.5 Å². The first-order chi connectivity index (χ1) is 28.5. The van der Waals surface area contributed by atoms with E-state index in [0.29, 0.717) is 12.8 Å². The highest BCUT2D eigenvalue weighted by Gasteiger charge is 2.19. The van der Waals surface area contributed by atoms with Crippen molar-refractivity contribution < 1.29 is 28.6 Å². The van der Waals surface area contributed by atoms with Gasteiger partial charge in [-0.15, -0.1) is 0 Å². The van der Waals surface area contributed by atoms with E-state index in [0.717, 1.165) is 109 Å². The van der Waals surface area contributed by atoms with Gasteiger partial charge in [-0.2, -0.15) is 0 Å². The molecule has 326 valence electrons. The lowest BCUT2D eigenvalue weighted by Crippen LogP contribution is -2.30. The molecule has 0 saturated heterocycles. The molecule has 0 radical (unpaired) electrons. The smallest absolute Gasteiger partial charge is 0.306 e. The number of rotatable bonds is 39. The molecule has 0 N–H and O–H groups in total. The van der Waals surface area contributed by atoms with Crippen LogP contribution < -0.4 is 0 Å². The summed E-state index contributed by atoms with van der Waals surface area (Å²) in [7, 11) is 0. The maximum Gasteiger partial charge on any atom is 0.306 e. The zero-order valence-corrected chi connectivity index (χ0v) is 37.0. The standard InChI is InChI=1S/C52H82O6/c1-4-7-10-13-16-19-22-25-26-28-30-33-36-39-42-45-51(54)57-48-49(47-56-50(53)44-41-38-35-32-29-24-21-18-15-12-9-6-3)58-52(55)46-43-40-37-34-31-27-23-20-17-14-11-8-5-2/h7-8,10-11,13-14,16-23,25-26,28,30,49H,4-6,9,12,15,24,27,29,31-48H2,1-3H3/b10-7-,11-8-,16-13-,17-14-,21-18-,22-19-,23-20-,26-25-,30-28-. The Labute approximate surface area is 355 Å². The lowest BCUT2D eigenvalue weighted by molar-refractivity contribution is -0.167. The molecule has 0 aromatic rings. The Morgan fingerprint density at radius 2 is 0.690 bits per heavy atom. The largest absolute Gasteiger partial charge is 0.462 e. The number of esters is 3. The molecular formula is C52H82O6. The second kappa shape index (κ2) is 45.8. The van der Waals surface area contributed by atoms with E-state index in [2.05, 4.69) is 75.5 Å². The molecule has 58 heavy (non-hydrogen) atoms. The fourth-order valence-electron chi connectivity index (χ4n) is 5.75. The minimum absolute atomic E-state index is 0.108. The van der Waals surface area contributed by atoms with Gasteiger partial charge in [0.15, 0.2) is 6.10 Å². The molecule has 0 spiro atoms. The molecule has 1 atom stereocenters. The first-order valence-corrected chi connectivity index (χ1v) is 23.0. The summed E-state index contributed by atoms with van der Waals surface area (Å²) in [6.07, 6.45) is 60.6. The van der Waals surface area contributed by atoms with Crippen molar-refractivity contribution in [1.29, 1.82) is 0 Å². The predicted octanol–water partition coefficient (Wildman–Crippen LogP) is 14.8. The molecule has 1 unspecified atom stereocenters. The van der Waals surface area contributed by atoms with Crippen molar-refractivity contribution in [3.05, 3.63) is 109 Å². The van der Waals surface area contributed by atoms with Crippen molar-refractivity contribution in [2.24, 2.45) is 0 Å². The Morgan fingerprint density at radius 1 is 0.362 bits per heavy atom. The molecule has 0 aromatic heterocycles. The van der Waals surface area contributed by atoms with Gasteiger partial charge >= 0.3 is 17.9 Å². The highest BCUT2D eigenvalue weighted by Crippen LogP contribution is 2.12. The second-order valence-corrected chi connectivity index (χ2v) is 14.7. The van der Waals surface area contributed by atoms with Gasteiger partial charge in [0.1, 0.15) is 13.2 Å². The molecule has 0 amide bonds. The number of allylic oxidation sites excluding steroid dienone is 18. The van der Waals surface area contributed by atoms with Crippen LogP contribution in [-0.2, 0) is 28.6 Å². The molecule has 6 heteroatoms. The van der Waals surface area contributed by atoms with Crippen molar-refractivity contribution in [3.8, 4) is 0 Å². The average molecular weight is 803 g/mol. The van der Waals surface area contributed by atoms with Crippen LogP contribution in [-0.4, -0.2) is 37.2 Å². The van der Waals surface area contributed by atoms with E-state index in [1.54, 1.807) is 0 Å². The van der Waals surface area contributed by atoms with Crippen LogP contribution in [0.4, 0.5) is 0 Å². The molecule has 0 aromatic carbocycles. The van der Waals surface area contributed by atoms with Crippen LogP contribution in [0.5, 0.6) is 0 Å². The van der Waals surface area contributed by atoms with Crippen molar-refractivity contribution in [1.82, 2.24) is 0 Å². The topological polar surface area (TPSA) is 78.9 Å². The van der Waals surface area contributed by atoms with Crippen molar-refractivity contribution in [2.45, 2.75) is 187 Å². The SMILES string of the molecule is CC\C=C/C=C\C=C/C=C\C=C/CCCCCC(=O)OCC(COC(=O)CCCCCCC/C=C\CCCCC)OC(=O)CCCCCCC\C=C/C=C\C=C/CC. The Balaban J connectivity index is 4.54. The van der Waals surface area contributed by atoms with E-state index in [4.69, 9.17) is 14.2 Å². The van der Waals surface area contributed by atoms with Crippen LogP contribution in [0.2, 0.25) is 0 Å². The fourth-order valence-corrected chi connectivity index (χ4v) is 5.75. The van der Waals surface area contributed by atoms with Crippen LogP contribution >= 0.6 is 0 Å². The number of hydrogen-bond acceptors (Lipinski definition) is 6. The molecule has 0 rings (SSSR count). The van der Waals surface area contributed by atoms with Crippen LogP contribution in [0.3, 0.4) is 0 Å². The predicted molar refractivity (Wildman–Crippen MR) is 247 cm³/mol. The molecule has 0 bridgehead atoms. The third-order valence-electron chi connectivity index (χ3n) is 9.18. The summed E-state index contributed by atoms with van der Waals surface area (Å²) in [5.41, 5.74) is 0. The van der Waals surface area contributed by atoms with Gasteiger partial charge in [0.05, 0.1) is 0 Å². The van der Waals surface area contributed by atoms with Crippen molar-refractivity contribution in [2.75, 3.05) is 13.2 Å². The highest BCUT2D eigenvalue weighted by molar-refractivity contribution is 5.71. The van der Waals surface area contributed by atoms with E-state index in [1.807, 2.05) is 54.7 Å². The Hall–Kier alpha value is -3.93. The Kier molecular flexibility index (Phi) is 42.7. The van der Waals surface area contributed by atoms with Crippen LogP contribution in [0.25, 0.3) is 0 Å². The summed E-state index contributed by atoms with van der Waals surface area (Å²) < 4.78 is 16.7. The van der Waals surface area contributed by atoms with Crippen molar-refractivity contribution >= 4 is 17.9 Å². The van der Waals surface area contributed by atoms with E-state index in [1.165, 1.54) is 32.1 Å². The lowest BCUT2D eigenvalue weighted by Gasteiger charge is -2.18. The van der Waals surface area contributed by atoms with Crippen LogP contribution in [0.15, 0.2) is 109 Å². The molecule has 0 aliphatic carbocycles. The first kappa shape index (κ1) is 54.1. The minimum atomic E-state index is -0.810. The molecule has 0 saturated carbocycles. The maximum absolute atomic E-state index is 12.7. The summed E-state index contributed by atoms with van der Waals surface area (Å²) in [5.74, 6) is -0.992. The number of hydrogen-bond donors (Lipinski definition) is 0. The minimum Gasteiger partial charge on any atom is -0.462 e. The summed E-state index contributed by atoms with van der Waals surface area (Å²) >= 11 is 0. The van der Waals surface area contributed by atoms with E-state index >= 15 is 0 Å². The second-order valence-electron chi connectivity index (χ2n) is 14.7. The van der Waals surface area contributed by atoms with Gasteiger partial charge < -0.3 is 14.2 Å². The number of unbranched alkanes of at least 4 members (excludes halogenated alkanes) is 16. The van der Waals surface area contributed by atoms with Gasteiger partial charge in [0.25, 0.3) is 0 Å². The maximum atomic E-state index is 12.7. The van der Waals surface area contributed by atoms with Gasteiger partial charge in [-0.25, -0.2) is 0 Å². The molecule has 0 aliphatic heterocycles.